The molecule has 0 spiro atoms. The van der Waals surface area contributed by atoms with E-state index in [2.05, 4.69) is 6.92 Å². The van der Waals surface area contributed by atoms with Gasteiger partial charge >= 0.3 is 5.69 Å². The number of phenolic OH excluding ortho intramolecular Hbond substituents is 1. The summed E-state index contributed by atoms with van der Waals surface area (Å²) in [6.45, 7) is 4.10. The van der Waals surface area contributed by atoms with Gasteiger partial charge in [0.15, 0.2) is 5.75 Å². The number of hydrogen-bond acceptors (Lipinski definition) is 3. The van der Waals surface area contributed by atoms with E-state index in [1.165, 1.54) is 12.1 Å². The SMILES string of the molecule is CCCC(C)c1ccc(O)c([N+](=O)[O-])c1. The molecule has 4 heteroatoms. The van der Waals surface area contributed by atoms with Crippen LogP contribution in [0.3, 0.4) is 0 Å². The zero-order chi connectivity index (χ0) is 11.4. The van der Waals surface area contributed by atoms with Gasteiger partial charge in [0.2, 0.25) is 0 Å². The fourth-order valence-electron chi connectivity index (χ4n) is 1.59. The Kier molecular flexibility index (Phi) is 3.66. The zero-order valence-corrected chi connectivity index (χ0v) is 8.93. The van der Waals surface area contributed by atoms with Gasteiger partial charge < -0.3 is 5.11 Å². The smallest absolute Gasteiger partial charge is 0.310 e. The lowest BCUT2D eigenvalue weighted by molar-refractivity contribution is -0.385. The van der Waals surface area contributed by atoms with Gasteiger partial charge in [0, 0.05) is 6.07 Å². The predicted octanol–water partition coefficient (Wildman–Crippen LogP) is 3.20. The van der Waals surface area contributed by atoms with Crippen LogP contribution in [0.4, 0.5) is 5.69 Å². The maximum absolute atomic E-state index is 10.6. The van der Waals surface area contributed by atoms with Crippen molar-refractivity contribution < 1.29 is 10.0 Å². The molecule has 0 radical (unpaired) electrons. The molecule has 1 aromatic carbocycles. The fourth-order valence-corrected chi connectivity index (χ4v) is 1.59. The molecule has 0 aliphatic rings. The first-order valence-electron chi connectivity index (χ1n) is 5.03. The van der Waals surface area contributed by atoms with Gasteiger partial charge in [0.05, 0.1) is 4.92 Å². The second kappa shape index (κ2) is 4.77. The Morgan fingerprint density at radius 1 is 1.53 bits per heavy atom. The topological polar surface area (TPSA) is 63.4 Å². The van der Waals surface area contributed by atoms with Crippen molar-refractivity contribution in [2.75, 3.05) is 0 Å². The fraction of sp³-hybridized carbons (Fsp3) is 0.455. The van der Waals surface area contributed by atoms with Gasteiger partial charge in [0.25, 0.3) is 0 Å². The number of phenols is 1. The van der Waals surface area contributed by atoms with Crippen molar-refractivity contribution in [2.24, 2.45) is 0 Å². The summed E-state index contributed by atoms with van der Waals surface area (Å²) in [5, 5.41) is 19.9. The van der Waals surface area contributed by atoms with Crippen LogP contribution in [0.2, 0.25) is 0 Å². The Morgan fingerprint density at radius 3 is 2.73 bits per heavy atom. The Balaban J connectivity index is 3.02. The van der Waals surface area contributed by atoms with Crippen LogP contribution in [-0.2, 0) is 0 Å². The van der Waals surface area contributed by atoms with Gasteiger partial charge in [-0.15, -0.1) is 0 Å². The molecule has 0 aromatic heterocycles. The van der Waals surface area contributed by atoms with E-state index in [0.717, 1.165) is 18.4 Å². The van der Waals surface area contributed by atoms with Crippen LogP contribution in [0.1, 0.15) is 38.2 Å². The van der Waals surface area contributed by atoms with E-state index >= 15 is 0 Å². The molecule has 1 unspecified atom stereocenters. The molecule has 0 bridgehead atoms. The van der Waals surface area contributed by atoms with Gasteiger partial charge in [-0.3, -0.25) is 10.1 Å². The maximum atomic E-state index is 10.6. The van der Waals surface area contributed by atoms with E-state index in [9.17, 15) is 15.2 Å². The molecular formula is C11H15NO3. The number of nitrogens with zero attached hydrogens (tertiary/aromatic N) is 1. The largest absolute Gasteiger partial charge is 0.502 e. The third kappa shape index (κ3) is 2.68. The molecule has 0 amide bonds. The molecule has 0 aliphatic carbocycles. The van der Waals surface area contributed by atoms with E-state index in [1.807, 2.05) is 6.92 Å². The number of benzene rings is 1. The minimum atomic E-state index is -0.558. The van der Waals surface area contributed by atoms with Crippen LogP contribution in [0.15, 0.2) is 18.2 Å². The van der Waals surface area contributed by atoms with Crippen molar-refractivity contribution in [1.29, 1.82) is 0 Å². The molecule has 0 saturated carbocycles. The molecule has 0 fully saturated rings. The molecule has 1 aromatic rings. The third-order valence-corrected chi connectivity index (χ3v) is 2.49. The van der Waals surface area contributed by atoms with Crippen LogP contribution in [0.25, 0.3) is 0 Å². The molecule has 0 aliphatic heterocycles. The summed E-state index contributed by atoms with van der Waals surface area (Å²) >= 11 is 0. The molecule has 0 saturated heterocycles. The van der Waals surface area contributed by atoms with Gasteiger partial charge in [0.1, 0.15) is 0 Å². The molecule has 0 heterocycles. The average molecular weight is 209 g/mol. The van der Waals surface area contributed by atoms with E-state index in [-0.39, 0.29) is 17.4 Å². The Bertz CT molecular complexity index is 363. The quantitative estimate of drug-likeness (QED) is 0.611. The van der Waals surface area contributed by atoms with E-state index in [0.29, 0.717) is 0 Å². The van der Waals surface area contributed by atoms with E-state index in [4.69, 9.17) is 0 Å². The summed E-state index contributed by atoms with van der Waals surface area (Å²) in [6, 6.07) is 4.58. The highest BCUT2D eigenvalue weighted by molar-refractivity contribution is 5.48. The highest BCUT2D eigenvalue weighted by atomic mass is 16.6. The molecule has 82 valence electrons. The second-order valence-corrected chi connectivity index (χ2v) is 3.69. The highest BCUT2D eigenvalue weighted by Crippen LogP contribution is 2.30. The summed E-state index contributed by atoms with van der Waals surface area (Å²) in [5.74, 6) is 0.0155. The van der Waals surface area contributed by atoms with Crippen molar-refractivity contribution in [3.8, 4) is 5.75 Å². The van der Waals surface area contributed by atoms with Crippen LogP contribution in [-0.4, -0.2) is 10.0 Å². The van der Waals surface area contributed by atoms with Gasteiger partial charge in [-0.2, -0.15) is 0 Å². The second-order valence-electron chi connectivity index (χ2n) is 3.69. The van der Waals surface area contributed by atoms with Crippen LogP contribution in [0, 0.1) is 10.1 Å². The van der Waals surface area contributed by atoms with Crippen molar-refractivity contribution in [3.05, 3.63) is 33.9 Å². The summed E-state index contributed by atoms with van der Waals surface area (Å²) in [7, 11) is 0. The van der Waals surface area contributed by atoms with Crippen molar-refractivity contribution in [3.63, 3.8) is 0 Å². The minimum absolute atomic E-state index is 0.213. The Hall–Kier alpha value is -1.58. The third-order valence-electron chi connectivity index (χ3n) is 2.49. The molecule has 1 N–H and O–H groups in total. The first-order chi connectivity index (χ1) is 7.06. The average Bonchev–Trinajstić information content (AvgIpc) is 2.18. The first-order valence-corrected chi connectivity index (χ1v) is 5.03. The normalized spacial score (nSPS) is 12.4. The number of hydrogen-bond donors (Lipinski definition) is 1. The Morgan fingerprint density at radius 2 is 2.20 bits per heavy atom. The van der Waals surface area contributed by atoms with Crippen LogP contribution in [0.5, 0.6) is 5.75 Å². The predicted molar refractivity (Wildman–Crippen MR) is 58.1 cm³/mol. The molecule has 1 rings (SSSR count). The van der Waals surface area contributed by atoms with Gasteiger partial charge in [-0.05, 0) is 24.0 Å². The van der Waals surface area contributed by atoms with Gasteiger partial charge in [-0.1, -0.05) is 26.3 Å². The first kappa shape index (κ1) is 11.5. The van der Waals surface area contributed by atoms with E-state index < -0.39 is 4.92 Å². The number of nitro groups is 1. The minimum Gasteiger partial charge on any atom is -0.502 e. The van der Waals surface area contributed by atoms with E-state index in [1.54, 1.807) is 6.07 Å². The Labute approximate surface area is 88.7 Å². The standard InChI is InChI=1S/C11H15NO3/c1-3-4-8(2)9-5-6-11(13)10(7-9)12(14)15/h5-8,13H,3-4H2,1-2H3. The molecule has 4 nitrogen and oxygen atoms in total. The lowest BCUT2D eigenvalue weighted by Crippen LogP contribution is -1.95. The molecular weight excluding hydrogens is 194 g/mol. The number of nitro benzene ring substituents is 1. The van der Waals surface area contributed by atoms with Crippen molar-refractivity contribution >= 4 is 5.69 Å². The highest BCUT2D eigenvalue weighted by Gasteiger charge is 2.15. The lowest BCUT2D eigenvalue weighted by atomic mass is 9.96. The van der Waals surface area contributed by atoms with Crippen molar-refractivity contribution in [1.82, 2.24) is 0 Å². The van der Waals surface area contributed by atoms with Gasteiger partial charge in [-0.25, -0.2) is 0 Å². The van der Waals surface area contributed by atoms with Crippen LogP contribution < -0.4 is 0 Å². The zero-order valence-electron chi connectivity index (χ0n) is 8.93. The summed E-state index contributed by atoms with van der Waals surface area (Å²) in [4.78, 5) is 10.0. The van der Waals surface area contributed by atoms with Crippen molar-refractivity contribution in [2.45, 2.75) is 32.6 Å². The molecule has 15 heavy (non-hydrogen) atoms. The van der Waals surface area contributed by atoms with Crippen LogP contribution >= 0.6 is 0 Å². The lowest BCUT2D eigenvalue weighted by Gasteiger charge is -2.10. The summed E-state index contributed by atoms with van der Waals surface area (Å²) < 4.78 is 0. The monoisotopic (exact) mass is 209 g/mol. The number of rotatable bonds is 4. The number of aromatic hydroxyl groups is 1. The summed E-state index contributed by atoms with van der Waals surface area (Å²) in [6.07, 6.45) is 2.03. The molecule has 1 atom stereocenters. The summed E-state index contributed by atoms with van der Waals surface area (Å²) in [5.41, 5.74) is 0.691. The maximum Gasteiger partial charge on any atom is 0.310 e.